The minimum atomic E-state index is -0.427. The topological polar surface area (TPSA) is 64.6 Å². The fourth-order valence-corrected chi connectivity index (χ4v) is 2.78. The van der Waals surface area contributed by atoms with E-state index in [1.165, 1.54) is 12.1 Å². The molecule has 2 aromatic carbocycles. The second kappa shape index (κ2) is 8.10. The van der Waals surface area contributed by atoms with Crippen molar-refractivity contribution in [1.82, 2.24) is 5.32 Å². The van der Waals surface area contributed by atoms with Crippen molar-refractivity contribution < 1.29 is 19.1 Å². The predicted octanol–water partition coefficient (Wildman–Crippen LogP) is 4.59. The number of carbonyl (C=O) groups is 2. The molecular formula is C21H18ClNO4. The Morgan fingerprint density at radius 1 is 1.11 bits per heavy atom. The van der Waals surface area contributed by atoms with E-state index in [-0.39, 0.29) is 11.3 Å². The summed E-state index contributed by atoms with van der Waals surface area (Å²) in [5.74, 6) is 0.862. The van der Waals surface area contributed by atoms with E-state index in [4.69, 9.17) is 21.1 Å². The first-order valence-electron chi connectivity index (χ1n) is 8.31. The average molecular weight is 384 g/mol. The maximum atomic E-state index is 12.7. The first-order valence-corrected chi connectivity index (χ1v) is 8.68. The molecule has 0 aromatic heterocycles. The van der Waals surface area contributed by atoms with Gasteiger partial charge in [-0.1, -0.05) is 23.7 Å². The first-order chi connectivity index (χ1) is 13.0. The second-order valence-electron chi connectivity index (χ2n) is 6.02. The van der Waals surface area contributed by atoms with Gasteiger partial charge in [-0.25, -0.2) is 0 Å². The molecule has 1 amide bonds. The molecule has 1 aliphatic carbocycles. The molecule has 2 aromatic rings. The summed E-state index contributed by atoms with van der Waals surface area (Å²) in [5.41, 5.74) is 1.70. The lowest BCUT2D eigenvalue weighted by molar-refractivity contribution is -0.113. The molecule has 0 bridgehead atoms. The van der Waals surface area contributed by atoms with E-state index >= 15 is 0 Å². The number of ether oxygens (including phenoxy) is 2. The van der Waals surface area contributed by atoms with Gasteiger partial charge in [-0.05, 0) is 48.9 Å². The van der Waals surface area contributed by atoms with Crippen LogP contribution in [0.25, 0.3) is 0 Å². The number of hydrogen-bond donors (Lipinski definition) is 1. The number of aryl methyl sites for hydroxylation is 1. The Bertz CT molecular complexity index is 963. The molecule has 0 fully saturated rings. The lowest BCUT2D eigenvalue weighted by Crippen LogP contribution is -2.24. The maximum absolute atomic E-state index is 12.7. The lowest BCUT2D eigenvalue weighted by atomic mass is 10.1. The van der Waals surface area contributed by atoms with E-state index in [0.29, 0.717) is 34.4 Å². The zero-order chi connectivity index (χ0) is 19.4. The molecule has 0 saturated carbocycles. The molecule has 1 N–H and O–H groups in total. The molecule has 6 heteroatoms. The largest absolute Gasteiger partial charge is 0.493 e. The zero-order valence-electron chi connectivity index (χ0n) is 14.9. The van der Waals surface area contributed by atoms with E-state index in [1.807, 2.05) is 19.1 Å². The van der Waals surface area contributed by atoms with Crippen LogP contribution in [0.15, 0.2) is 60.3 Å². The number of rotatable bonds is 5. The molecule has 0 radical (unpaired) electrons. The molecule has 1 aliphatic rings. The summed E-state index contributed by atoms with van der Waals surface area (Å²) in [6.07, 6.45) is 5.11. The number of halogens is 1. The van der Waals surface area contributed by atoms with E-state index < -0.39 is 5.91 Å². The highest BCUT2D eigenvalue weighted by Crippen LogP contribution is 2.34. The number of benzene rings is 2. The number of allylic oxidation sites excluding steroid dienone is 3. The first kappa shape index (κ1) is 18.7. The minimum absolute atomic E-state index is 0.0697. The highest BCUT2D eigenvalue weighted by molar-refractivity contribution is 6.31. The maximum Gasteiger partial charge on any atom is 0.259 e. The molecule has 0 aliphatic heterocycles. The summed E-state index contributed by atoms with van der Waals surface area (Å²) < 4.78 is 11.3. The zero-order valence-corrected chi connectivity index (χ0v) is 15.7. The molecular weight excluding hydrogens is 366 g/mol. The summed E-state index contributed by atoms with van der Waals surface area (Å²) in [4.78, 5) is 24.2. The van der Waals surface area contributed by atoms with Gasteiger partial charge >= 0.3 is 0 Å². The number of hydrogen-bond acceptors (Lipinski definition) is 4. The summed E-state index contributed by atoms with van der Waals surface area (Å²) in [7, 11) is 1.55. The van der Waals surface area contributed by atoms with E-state index in [1.54, 1.807) is 37.5 Å². The van der Waals surface area contributed by atoms with Crippen molar-refractivity contribution in [2.45, 2.75) is 13.3 Å². The van der Waals surface area contributed by atoms with Crippen LogP contribution in [0.4, 0.5) is 0 Å². The van der Waals surface area contributed by atoms with Crippen LogP contribution < -0.4 is 14.8 Å². The van der Waals surface area contributed by atoms with Crippen LogP contribution >= 0.6 is 11.6 Å². The van der Waals surface area contributed by atoms with Crippen molar-refractivity contribution in [3.05, 3.63) is 76.5 Å². The SMILES string of the molecule is COc1cc(C)ccc1Oc1ccc(Cl)cc1C(=O)NC1=CC(=O)CC=C1. The van der Waals surface area contributed by atoms with Crippen LogP contribution in [0.5, 0.6) is 17.2 Å². The Morgan fingerprint density at radius 3 is 2.63 bits per heavy atom. The second-order valence-corrected chi connectivity index (χ2v) is 6.46. The van der Waals surface area contributed by atoms with Gasteiger partial charge in [0, 0.05) is 23.2 Å². The predicted molar refractivity (Wildman–Crippen MR) is 104 cm³/mol. The number of amides is 1. The number of nitrogens with one attached hydrogen (secondary N) is 1. The van der Waals surface area contributed by atoms with Crippen LogP contribution in [-0.4, -0.2) is 18.8 Å². The molecule has 27 heavy (non-hydrogen) atoms. The van der Waals surface area contributed by atoms with E-state index in [2.05, 4.69) is 5.32 Å². The van der Waals surface area contributed by atoms with Crippen LogP contribution in [0.1, 0.15) is 22.3 Å². The number of ketones is 1. The van der Waals surface area contributed by atoms with Crippen molar-refractivity contribution in [3.63, 3.8) is 0 Å². The normalized spacial score (nSPS) is 13.1. The molecule has 0 unspecified atom stereocenters. The lowest BCUT2D eigenvalue weighted by Gasteiger charge is -2.15. The van der Waals surface area contributed by atoms with Crippen LogP contribution in [-0.2, 0) is 4.79 Å². The Kier molecular flexibility index (Phi) is 5.62. The summed E-state index contributed by atoms with van der Waals surface area (Å²) >= 11 is 6.07. The van der Waals surface area contributed by atoms with Gasteiger partial charge in [0.25, 0.3) is 5.91 Å². The monoisotopic (exact) mass is 383 g/mol. The third-order valence-electron chi connectivity index (χ3n) is 3.92. The van der Waals surface area contributed by atoms with Crippen molar-refractivity contribution in [1.29, 1.82) is 0 Å². The van der Waals surface area contributed by atoms with Crippen molar-refractivity contribution in [2.75, 3.05) is 7.11 Å². The molecule has 0 atom stereocenters. The highest BCUT2D eigenvalue weighted by atomic mass is 35.5. The van der Waals surface area contributed by atoms with Crippen LogP contribution in [0.2, 0.25) is 5.02 Å². The van der Waals surface area contributed by atoms with Gasteiger partial charge in [-0.15, -0.1) is 0 Å². The Morgan fingerprint density at radius 2 is 1.89 bits per heavy atom. The third-order valence-corrected chi connectivity index (χ3v) is 4.15. The molecule has 0 spiro atoms. The quantitative estimate of drug-likeness (QED) is 0.820. The molecule has 0 heterocycles. The van der Waals surface area contributed by atoms with Gasteiger partial charge in [0.2, 0.25) is 0 Å². The van der Waals surface area contributed by atoms with Crippen LogP contribution in [0, 0.1) is 6.92 Å². The molecule has 138 valence electrons. The number of carbonyl (C=O) groups excluding carboxylic acids is 2. The van der Waals surface area contributed by atoms with Gasteiger partial charge in [-0.3, -0.25) is 9.59 Å². The van der Waals surface area contributed by atoms with Gasteiger partial charge in [-0.2, -0.15) is 0 Å². The fraction of sp³-hybridized carbons (Fsp3) is 0.143. The fourth-order valence-electron chi connectivity index (χ4n) is 2.60. The van der Waals surface area contributed by atoms with Gasteiger partial charge in [0.1, 0.15) is 5.75 Å². The van der Waals surface area contributed by atoms with E-state index in [9.17, 15) is 9.59 Å². The smallest absolute Gasteiger partial charge is 0.259 e. The summed E-state index contributed by atoms with van der Waals surface area (Å²) in [5, 5.41) is 3.10. The highest BCUT2D eigenvalue weighted by Gasteiger charge is 2.17. The van der Waals surface area contributed by atoms with Crippen molar-refractivity contribution >= 4 is 23.3 Å². The van der Waals surface area contributed by atoms with Crippen molar-refractivity contribution in [2.24, 2.45) is 0 Å². The Balaban J connectivity index is 1.90. The van der Waals surface area contributed by atoms with Crippen molar-refractivity contribution in [3.8, 4) is 17.2 Å². The van der Waals surface area contributed by atoms with Gasteiger partial charge < -0.3 is 14.8 Å². The Hall–Kier alpha value is -3.05. The Labute approximate surface area is 162 Å². The molecule has 0 saturated heterocycles. The third kappa shape index (κ3) is 4.57. The average Bonchev–Trinajstić information content (AvgIpc) is 2.64. The number of methoxy groups -OCH3 is 1. The van der Waals surface area contributed by atoms with Crippen LogP contribution in [0.3, 0.4) is 0 Å². The summed E-state index contributed by atoms with van der Waals surface area (Å²) in [6, 6.07) is 10.3. The molecule has 5 nitrogen and oxygen atoms in total. The minimum Gasteiger partial charge on any atom is -0.493 e. The van der Waals surface area contributed by atoms with E-state index in [0.717, 1.165) is 5.56 Å². The van der Waals surface area contributed by atoms with Gasteiger partial charge in [0.05, 0.1) is 12.7 Å². The summed E-state index contributed by atoms with van der Waals surface area (Å²) in [6.45, 7) is 1.94. The molecule has 3 rings (SSSR count). The standard InChI is InChI=1S/C21H18ClNO4/c1-13-6-8-19(20(10-13)26-2)27-18-9-7-14(22)11-17(18)21(25)23-15-4-3-5-16(24)12-15/h3-4,6-12H,5H2,1-2H3,(H,23,25). The van der Waals surface area contributed by atoms with Gasteiger partial charge in [0.15, 0.2) is 17.3 Å².